The lowest BCUT2D eigenvalue weighted by Crippen LogP contribution is -2.41. The molecule has 0 unspecified atom stereocenters. The summed E-state index contributed by atoms with van der Waals surface area (Å²) in [5.74, 6) is 0. The highest BCUT2D eigenvalue weighted by Crippen LogP contribution is 2.37. The SMILES string of the molecule is CC1(C)OB(c2cc(NS(=O)(=O)c3ccccc3)c3cc[nH]c3c2)OC1(C)C. The molecule has 2 aromatic carbocycles. The van der Waals surface area contributed by atoms with Gasteiger partial charge in [0.1, 0.15) is 0 Å². The zero-order valence-electron chi connectivity index (χ0n) is 16.3. The maximum atomic E-state index is 12.8. The molecule has 0 atom stereocenters. The van der Waals surface area contributed by atoms with Crippen LogP contribution in [0.3, 0.4) is 0 Å². The van der Waals surface area contributed by atoms with Crippen molar-refractivity contribution in [3.05, 3.63) is 54.7 Å². The third kappa shape index (κ3) is 3.21. The Morgan fingerprint density at radius 1 is 0.964 bits per heavy atom. The topological polar surface area (TPSA) is 80.4 Å². The Balaban J connectivity index is 1.75. The molecule has 4 rings (SSSR count). The number of nitrogens with one attached hydrogen (secondary N) is 2. The van der Waals surface area contributed by atoms with Crippen LogP contribution in [0.1, 0.15) is 27.7 Å². The van der Waals surface area contributed by atoms with Crippen LogP contribution in [0.2, 0.25) is 0 Å². The minimum atomic E-state index is -3.71. The van der Waals surface area contributed by atoms with Gasteiger partial charge in [0.05, 0.1) is 21.8 Å². The summed E-state index contributed by atoms with van der Waals surface area (Å²) in [5.41, 5.74) is 1.07. The molecule has 0 bridgehead atoms. The van der Waals surface area contributed by atoms with Gasteiger partial charge in [0.25, 0.3) is 10.0 Å². The highest BCUT2D eigenvalue weighted by molar-refractivity contribution is 7.92. The van der Waals surface area contributed by atoms with Crippen molar-refractivity contribution in [1.29, 1.82) is 0 Å². The molecule has 0 aliphatic carbocycles. The maximum Gasteiger partial charge on any atom is 0.494 e. The summed E-state index contributed by atoms with van der Waals surface area (Å²) < 4.78 is 40.6. The summed E-state index contributed by atoms with van der Waals surface area (Å²) in [6.07, 6.45) is 1.78. The van der Waals surface area contributed by atoms with Crippen molar-refractivity contribution >= 4 is 39.2 Å². The number of rotatable bonds is 4. The Bertz CT molecular complexity index is 1110. The van der Waals surface area contributed by atoms with Crippen LogP contribution in [0, 0.1) is 0 Å². The zero-order valence-corrected chi connectivity index (χ0v) is 17.1. The van der Waals surface area contributed by atoms with Crippen molar-refractivity contribution in [2.45, 2.75) is 43.8 Å². The molecule has 0 spiro atoms. The summed E-state index contributed by atoms with van der Waals surface area (Å²) >= 11 is 0. The van der Waals surface area contributed by atoms with Gasteiger partial charge < -0.3 is 14.3 Å². The first-order valence-electron chi connectivity index (χ1n) is 9.14. The Morgan fingerprint density at radius 3 is 2.25 bits per heavy atom. The Kier molecular flexibility index (Phi) is 4.33. The first-order chi connectivity index (χ1) is 13.1. The van der Waals surface area contributed by atoms with E-state index in [9.17, 15) is 8.42 Å². The van der Waals surface area contributed by atoms with Crippen molar-refractivity contribution < 1.29 is 17.7 Å². The molecule has 2 N–H and O–H groups in total. The lowest BCUT2D eigenvalue weighted by atomic mass is 9.78. The fourth-order valence-electron chi connectivity index (χ4n) is 3.19. The van der Waals surface area contributed by atoms with E-state index < -0.39 is 28.3 Å². The van der Waals surface area contributed by atoms with E-state index in [4.69, 9.17) is 9.31 Å². The molecule has 28 heavy (non-hydrogen) atoms. The first-order valence-corrected chi connectivity index (χ1v) is 10.6. The van der Waals surface area contributed by atoms with E-state index in [1.54, 1.807) is 42.6 Å². The van der Waals surface area contributed by atoms with Gasteiger partial charge in [0.2, 0.25) is 0 Å². The second-order valence-electron chi connectivity index (χ2n) is 8.01. The largest absolute Gasteiger partial charge is 0.494 e. The van der Waals surface area contributed by atoms with Gasteiger partial charge in [-0.2, -0.15) is 0 Å². The number of fused-ring (bicyclic) bond motifs is 1. The van der Waals surface area contributed by atoms with E-state index in [1.165, 1.54) is 0 Å². The van der Waals surface area contributed by atoms with Crippen molar-refractivity contribution in [3.63, 3.8) is 0 Å². The Labute approximate surface area is 165 Å². The summed E-state index contributed by atoms with van der Waals surface area (Å²) in [6, 6.07) is 13.8. The van der Waals surface area contributed by atoms with Gasteiger partial charge >= 0.3 is 7.12 Å². The third-order valence-corrected chi connectivity index (χ3v) is 6.90. The number of benzene rings is 2. The van der Waals surface area contributed by atoms with Crippen LogP contribution in [-0.2, 0) is 19.3 Å². The van der Waals surface area contributed by atoms with E-state index in [0.29, 0.717) is 5.69 Å². The van der Waals surface area contributed by atoms with E-state index >= 15 is 0 Å². The summed E-state index contributed by atoms with van der Waals surface area (Å²) in [7, 11) is -4.30. The lowest BCUT2D eigenvalue weighted by molar-refractivity contribution is 0.00578. The predicted molar refractivity (Wildman–Crippen MR) is 111 cm³/mol. The summed E-state index contributed by atoms with van der Waals surface area (Å²) in [5, 5.41) is 0.778. The standard InChI is InChI=1S/C20H23BN2O4S/c1-19(2)20(3,4)27-21(26-19)14-12-17-16(10-11-22-17)18(13-14)23-28(24,25)15-8-6-5-7-9-15/h5-13,22-23H,1-4H3. The van der Waals surface area contributed by atoms with Crippen molar-refractivity contribution in [3.8, 4) is 0 Å². The van der Waals surface area contributed by atoms with Crippen LogP contribution < -0.4 is 10.2 Å². The molecule has 3 aromatic rings. The number of anilines is 1. The molecule has 146 valence electrons. The van der Waals surface area contributed by atoms with E-state index in [-0.39, 0.29) is 4.90 Å². The molecule has 1 saturated heterocycles. The molecule has 8 heteroatoms. The molecule has 0 radical (unpaired) electrons. The van der Waals surface area contributed by atoms with Crippen molar-refractivity contribution in [2.75, 3.05) is 4.72 Å². The van der Waals surface area contributed by atoms with Crippen LogP contribution in [0.15, 0.2) is 59.6 Å². The van der Waals surface area contributed by atoms with Gasteiger partial charge in [-0.15, -0.1) is 0 Å². The van der Waals surface area contributed by atoms with Gasteiger partial charge in [-0.25, -0.2) is 8.42 Å². The lowest BCUT2D eigenvalue weighted by Gasteiger charge is -2.32. The maximum absolute atomic E-state index is 12.8. The summed E-state index contributed by atoms with van der Waals surface area (Å²) in [6.45, 7) is 7.94. The van der Waals surface area contributed by atoms with Gasteiger partial charge in [-0.1, -0.05) is 18.2 Å². The fourth-order valence-corrected chi connectivity index (χ4v) is 4.28. The Hall–Kier alpha value is -2.29. The molecular weight excluding hydrogens is 375 g/mol. The molecule has 0 saturated carbocycles. The molecule has 1 aliphatic rings. The fraction of sp³-hybridized carbons (Fsp3) is 0.300. The molecule has 1 fully saturated rings. The number of aromatic nitrogens is 1. The number of hydrogen-bond donors (Lipinski definition) is 2. The molecule has 2 heterocycles. The van der Waals surface area contributed by atoms with Crippen LogP contribution in [-0.4, -0.2) is 31.7 Å². The average Bonchev–Trinajstić information content (AvgIpc) is 3.17. The van der Waals surface area contributed by atoms with Crippen molar-refractivity contribution in [1.82, 2.24) is 4.98 Å². The first kappa shape index (κ1) is 19.0. The van der Waals surface area contributed by atoms with E-state index in [1.807, 2.05) is 39.8 Å². The number of hydrogen-bond acceptors (Lipinski definition) is 4. The van der Waals surface area contributed by atoms with Crippen LogP contribution in [0.5, 0.6) is 0 Å². The molecule has 6 nitrogen and oxygen atoms in total. The second-order valence-corrected chi connectivity index (χ2v) is 9.70. The number of aromatic amines is 1. The van der Waals surface area contributed by atoms with Gasteiger partial charge in [0.15, 0.2) is 0 Å². The summed E-state index contributed by atoms with van der Waals surface area (Å²) in [4.78, 5) is 3.35. The highest BCUT2D eigenvalue weighted by Gasteiger charge is 2.51. The average molecular weight is 398 g/mol. The molecule has 1 aliphatic heterocycles. The van der Waals surface area contributed by atoms with Gasteiger partial charge in [-0.05, 0) is 63.5 Å². The van der Waals surface area contributed by atoms with Crippen LogP contribution >= 0.6 is 0 Å². The monoisotopic (exact) mass is 398 g/mol. The highest BCUT2D eigenvalue weighted by atomic mass is 32.2. The van der Waals surface area contributed by atoms with Crippen molar-refractivity contribution in [2.24, 2.45) is 0 Å². The number of sulfonamides is 1. The van der Waals surface area contributed by atoms with Gasteiger partial charge in [-0.3, -0.25) is 4.72 Å². The minimum absolute atomic E-state index is 0.208. The second kappa shape index (κ2) is 6.37. The van der Waals surface area contributed by atoms with Crippen LogP contribution in [0.4, 0.5) is 5.69 Å². The van der Waals surface area contributed by atoms with E-state index in [0.717, 1.165) is 16.4 Å². The molecule has 0 amide bonds. The number of H-pyrrole nitrogens is 1. The van der Waals surface area contributed by atoms with E-state index in [2.05, 4.69) is 9.71 Å². The molecular formula is C20H23BN2O4S. The zero-order chi connectivity index (χ0) is 20.2. The molecule has 1 aromatic heterocycles. The quantitative estimate of drug-likeness (QED) is 0.661. The Morgan fingerprint density at radius 2 is 1.61 bits per heavy atom. The normalized spacial score (nSPS) is 18.5. The predicted octanol–water partition coefficient (Wildman–Crippen LogP) is 3.27. The van der Waals surface area contributed by atoms with Crippen LogP contribution in [0.25, 0.3) is 10.9 Å². The smallest absolute Gasteiger partial charge is 0.399 e. The van der Waals surface area contributed by atoms with Gasteiger partial charge in [0, 0.05) is 17.1 Å². The third-order valence-electron chi connectivity index (χ3n) is 5.51. The minimum Gasteiger partial charge on any atom is -0.399 e.